The van der Waals surface area contributed by atoms with Crippen LogP contribution in [0.1, 0.15) is 12.5 Å². The molecule has 1 aromatic carbocycles. The Hall–Kier alpha value is -1.22. The van der Waals surface area contributed by atoms with E-state index in [4.69, 9.17) is 9.47 Å². The van der Waals surface area contributed by atoms with Gasteiger partial charge in [-0.2, -0.15) is 0 Å². The standard InChI is InChI=1S/C11H16O3/c1-8(12)6-9-7-10(13-2)4-5-11(9)14-3/h4-5,7-8,12H,6H2,1-3H3/t8-/m1/s1. The van der Waals surface area contributed by atoms with Crippen molar-refractivity contribution < 1.29 is 14.6 Å². The van der Waals surface area contributed by atoms with E-state index in [0.29, 0.717) is 6.42 Å². The molecule has 1 atom stereocenters. The third-order valence-corrected chi connectivity index (χ3v) is 2.00. The summed E-state index contributed by atoms with van der Waals surface area (Å²) in [7, 11) is 3.24. The van der Waals surface area contributed by atoms with Crippen LogP contribution in [0, 0.1) is 0 Å². The van der Waals surface area contributed by atoms with E-state index in [2.05, 4.69) is 0 Å². The van der Waals surface area contributed by atoms with E-state index in [-0.39, 0.29) is 6.10 Å². The first-order valence-electron chi connectivity index (χ1n) is 4.56. The lowest BCUT2D eigenvalue weighted by Gasteiger charge is -2.11. The summed E-state index contributed by atoms with van der Waals surface area (Å²) in [5.41, 5.74) is 0.960. The molecule has 0 saturated heterocycles. The quantitative estimate of drug-likeness (QED) is 0.795. The number of hydrogen-bond donors (Lipinski definition) is 1. The van der Waals surface area contributed by atoms with Crippen LogP contribution in [-0.2, 0) is 6.42 Å². The molecule has 0 fully saturated rings. The zero-order valence-corrected chi connectivity index (χ0v) is 8.78. The van der Waals surface area contributed by atoms with Gasteiger partial charge in [-0.25, -0.2) is 0 Å². The fraction of sp³-hybridized carbons (Fsp3) is 0.455. The van der Waals surface area contributed by atoms with E-state index in [1.807, 2.05) is 18.2 Å². The first kappa shape index (κ1) is 10.9. The molecule has 0 saturated carbocycles. The van der Waals surface area contributed by atoms with Crippen LogP contribution in [0.4, 0.5) is 0 Å². The van der Waals surface area contributed by atoms with Gasteiger partial charge in [-0.1, -0.05) is 0 Å². The number of methoxy groups -OCH3 is 2. The fourth-order valence-electron chi connectivity index (χ4n) is 1.36. The van der Waals surface area contributed by atoms with Crippen LogP contribution in [0.25, 0.3) is 0 Å². The number of rotatable bonds is 4. The molecule has 14 heavy (non-hydrogen) atoms. The van der Waals surface area contributed by atoms with Gasteiger partial charge >= 0.3 is 0 Å². The van der Waals surface area contributed by atoms with Gasteiger partial charge < -0.3 is 14.6 Å². The first-order chi connectivity index (χ1) is 6.67. The molecule has 0 heterocycles. The summed E-state index contributed by atoms with van der Waals surface area (Å²) in [6.07, 6.45) is 0.191. The average Bonchev–Trinajstić information content (AvgIpc) is 2.16. The normalized spacial score (nSPS) is 12.3. The topological polar surface area (TPSA) is 38.7 Å². The van der Waals surface area contributed by atoms with Crippen molar-refractivity contribution in [3.63, 3.8) is 0 Å². The molecule has 0 aliphatic heterocycles. The monoisotopic (exact) mass is 196 g/mol. The molecule has 1 aromatic rings. The Bertz CT molecular complexity index is 295. The number of hydrogen-bond acceptors (Lipinski definition) is 3. The van der Waals surface area contributed by atoms with E-state index < -0.39 is 0 Å². The van der Waals surface area contributed by atoms with Crippen LogP contribution < -0.4 is 9.47 Å². The van der Waals surface area contributed by atoms with Gasteiger partial charge in [-0.15, -0.1) is 0 Å². The summed E-state index contributed by atoms with van der Waals surface area (Å²) >= 11 is 0. The van der Waals surface area contributed by atoms with Gasteiger partial charge in [0.25, 0.3) is 0 Å². The molecule has 0 spiro atoms. The van der Waals surface area contributed by atoms with Gasteiger partial charge in [0.1, 0.15) is 11.5 Å². The van der Waals surface area contributed by atoms with Crippen LogP contribution in [0.15, 0.2) is 18.2 Å². The number of benzene rings is 1. The SMILES string of the molecule is COc1ccc(OC)c(C[C@@H](C)O)c1. The van der Waals surface area contributed by atoms with Crippen LogP contribution in [-0.4, -0.2) is 25.4 Å². The van der Waals surface area contributed by atoms with Crippen molar-refractivity contribution in [3.05, 3.63) is 23.8 Å². The second kappa shape index (κ2) is 4.86. The Morgan fingerprint density at radius 1 is 1.29 bits per heavy atom. The lowest BCUT2D eigenvalue weighted by atomic mass is 10.1. The predicted molar refractivity (Wildman–Crippen MR) is 54.9 cm³/mol. The van der Waals surface area contributed by atoms with Crippen molar-refractivity contribution in [3.8, 4) is 11.5 Å². The smallest absolute Gasteiger partial charge is 0.122 e. The molecule has 3 nitrogen and oxygen atoms in total. The molecule has 0 amide bonds. The largest absolute Gasteiger partial charge is 0.497 e. The van der Waals surface area contributed by atoms with Gasteiger partial charge in [-0.05, 0) is 25.1 Å². The van der Waals surface area contributed by atoms with Crippen molar-refractivity contribution in [2.45, 2.75) is 19.4 Å². The predicted octanol–water partition coefficient (Wildman–Crippen LogP) is 1.63. The summed E-state index contributed by atoms with van der Waals surface area (Å²) < 4.78 is 10.3. The average molecular weight is 196 g/mol. The van der Waals surface area contributed by atoms with Gasteiger partial charge in [0.05, 0.1) is 20.3 Å². The van der Waals surface area contributed by atoms with Crippen molar-refractivity contribution in [1.29, 1.82) is 0 Å². The van der Waals surface area contributed by atoms with Gasteiger partial charge in [-0.3, -0.25) is 0 Å². The van der Waals surface area contributed by atoms with E-state index in [1.54, 1.807) is 21.1 Å². The summed E-state index contributed by atoms with van der Waals surface area (Å²) in [6.45, 7) is 1.75. The van der Waals surface area contributed by atoms with Gasteiger partial charge in [0.2, 0.25) is 0 Å². The molecule has 0 bridgehead atoms. The van der Waals surface area contributed by atoms with Crippen LogP contribution in [0.5, 0.6) is 11.5 Å². The highest BCUT2D eigenvalue weighted by atomic mass is 16.5. The number of ether oxygens (including phenoxy) is 2. The first-order valence-corrected chi connectivity index (χ1v) is 4.56. The molecule has 0 unspecified atom stereocenters. The minimum Gasteiger partial charge on any atom is -0.497 e. The van der Waals surface area contributed by atoms with E-state index in [0.717, 1.165) is 17.1 Å². The number of aliphatic hydroxyl groups is 1. The van der Waals surface area contributed by atoms with Crippen LogP contribution in [0.3, 0.4) is 0 Å². The third kappa shape index (κ3) is 2.64. The lowest BCUT2D eigenvalue weighted by Crippen LogP contribution is -2.05. The summed E-state index contributed by atoms with van der Waals surface area (Å²) in [5, 5.41) is 9.29. The summed E-state index contributed by atoms with van der Waals surface area (Å²) in [6, 6.07) is 5.56. The molecule has 0 aliphatic carbocycles. The lowest BCUT2D eigenvalue weighted by molar-refractivity contribution is 0.194. The second-order valence-corrected chi connectivity index (χ2v) is 3.23. The van der Waals surface area contributed by atoms with E-state index in [1.165, 1.54) is 0 Å². The van der Waals surface area contributed by atoms with Crippen molar-refractivity contribution in [2.24, 2.45) is 0 Å². The zero-order chi connectivity index (χ0) is 10.6. The highest BCUT2D eigenvalue weighted by molar-refractivity contribution is 5.40. The Labute approximate surface area is 84.3 Å². The maximum Gasteiger partial charge on any atom is 0.122 e. The minimum atomic E-state index is -0.379. The van der Waals surface area contributed by atoms with Crippen molar-refractivity contribution >= 4 is 0 Å². The molecule has 1 N–H and O–H groups in total. The maximum atomic E-state index is 9.29. The van der Waals surface area contributed by atoms with E-state index >= 15 is 0 Å². The Kier molecular flexibility index (Phi) is 3.77. The Balaban J connectivity index is 2.96. The molecule has 0 aliphatic rings. The van der Waals surface area contributed by atoms with Crippen LogP contribution >= 0.6 is 0 Å². The van der Waals surface area contributed by atoms with E-state index in [9.17, 15) is 5.11 Å². The molecule has 0 aromatic heterocycles. The molecule has 78 valence electrons. The highest BCUT2D eigenvalue weighted by Crippen LogP contribution is 2.24. The van der Waals surface area contributed by atoms with Gasteiger partial charge in [0, 0.05) is 12.0 Å². The molecule has 0 radical (unpaired) electrons. The fourth-order valence-corrected chi connectivity index (χ4v) is 1.36. The Morgan fingerprint density at radius 2 is 2.00 bits per heavy atom. The zero-order valence-electron chi connectivity index (χ0n) is 8.78. The molecular weight excluding hydrogens is 180 g/mol. The Morgan fingerprint density at radius 3 is 2.50 bits per heavy atom. The second-order valence-electron chi connectivity index (χ2n) is 3.23. The molecular formula is C11H16O3. The molecule has 1 rings (SSSR count). The van der Waals surface area contributed by atoms with Crippen molar-refractivity contribution in [1.82, 2.24) is 0 Å². The third-order valence-electron chi connectivity index (χ3n) is 2.00. The number of aliphatic hydroxyl groups excluding tert-OH is 1. The van der Waals surface area contributed by atoms with Crippen LogP contribution in [0.2, 0.25) is 0 Å². The summed E-state index contributed by atoms with van der Waals surface area (Å²) in [4.78, 5) is 0. The maximum absolute atomic E-state index is 9.29. The van der Waals surface area contributed by atoms with Crippen molar-refractivity contribution in [2.75, 3.05) is 14.2 Å². The summed E-state index contributed by atoms with van der Waals surface area (Å²) in [5.74, 6) is 1.56. The highest BCUT2D eigenvalue weighted by Gasteiger charge is 2.07. The molecule has 3 heteroatoms. The minimum absolute atomic E-state index is 0.379. The van der Waals surface area contributed by atoms with Gasteiger partial charge in [0.15, 0.2) is 0 Å².